The Bertz CT molecular complexity index is 799. The van der Waals surface area contributed by atoms with Crippen LogP contribution in [0.4, 0.5) is 0 Å². The van der Waals surface area contributed by atoms with Crippen molar-refractivity contribution >= 4 is 23.7 Å². The Hall–Kier alpha value is -3.18. The molecule has 184 valence electrons. The summed E-state index contributed by atoms with van der Waals surface area (Å²) in [7, 11) is 0. The number of nitrogens with one attached hydrogen (secondary N) is 3. The molecular weight excluding hydrogens is 430 g/mol. The Morgan fingerprint density at radius 2 is 1.55 bits per heavy atom. The molecular formula is C22H35N5O6. The van der Waals surface area contributed by atoms with Gasteiger partial charge in [0.1, 0.15) is 23.9 Å². The van der Waals surface area contributed by atoms with Gasteiger partial charge in [0, 0.05) is 6.42 Å². The molecule has 0 fully saturated rings. The molecule has 0 saturated carbocycles. The second kappa shape index (κ2) is 14.1. The Kier molecular flexibility index (Phi) is 11.9. The molecule has 11 heteroatoms. The van der Waals surface area contributed by atoms with Gasteiger partial charge in [-0.2, -0.15) is 0 Å². The van der Waals surface area contributed by atoms with Crippen LogP contribution in [0.1, 0.15) is 38.7 Å². The van der Waals surface area contributed by atoms with Gasteiger partial charge in [0.15, 0.2) is 0 Å². The molecule has 0 aliphatic carbocycles. The van der Waals surface area contributed by atoms with Crippen molar-refractivity contribution in [3.8, 4) is 5.75 Å². The first kappa shape index (κ1) is 27.9. The van der Waals surface area contributed by atoms with Crippen molar-refractivity contribution in [3.63, 3.8) is 0 Å². The number of carboxylic acids is 1. The molecule has 0 saturated heterocycles. The zero-order valence-corrected chi connectivity index (χ0v) is 19.0. The molecule has 11 nitrogen and oxygen atoms in total. The van der Waals surface area contributed by atoms with Crippen molar-refractivity contribution in [2.24, 2.45) is 17.4 Å². The number of hydrogen-bond acceptors (Lipinski definition) is 7. The van der Waals surface area contributed by atoms with Crippen molar-refractivity contribution in [1.82, 2.24) is 16.0 Å². The van der Waals surface area contributed by atoms with Crippen LogP contribution in [0.3, 0.4) is 0 Å². The Balaban J connectivity index is 2.90. The number of hydrogen-bond donors (Lipinski definition) is 7. The van der Waals surface area contributed by atoms with Crippen LogP contribution in [-0.4, -0.2) is 65.1 Å². The van der Waals surface area contributed by atoms with E-state index in [1.807, 2.05) is 0 Å². The molecule has 3 unspecified atom stereocenters. The lowest BCUT2D eigenvalue weighted by Crippen LogP contribution is -2.58. The van der Waals surface area contributed by atoms with Crippen LogP contribution in [0.5, 0.6) is 5.75 Å². The lowest BCUT2D eigenvalue weighted by molar-refractivity contribution is -0.142. The van der Waals surface area contributed by atoms with E-state index in [1.54, 1.807) is 26.0 Å². The van der Waals surface area contributed by atoms with Crippen LogP contribution < -0.4 is 27.4 Å². The summed E-state index contributed by atoms with van der Waals surface area (Å²) in [5.74, 6) is -3.27. The number of nitrogens with two attached hydrogens (primary N) is 2. The molecule has 9 N–H and O–H groups in total. The number of carbonyl (C=O) groups is 4. The third-order valence-corrected chi connectivity index (χ3v) is 5.02. The minimum atomic E-state index is -1.24. The maximum absolute atomic E-state index is 12.9. The fourth-order valence-electron chi connectivity index (χ4n) is 3.13. The van der Waals surface area contributed by atoms with Gasteiger partial charge in [0.05, 0.1) is 6.54 Å². The van der Waals surface area contributed by atoms with E-state index in [1.165, 1.54) is 12.1 Å². The fraction of sp³-hybridized carbons (Fsp3) is 0.545. The molecule has 0 spiro atoms. The average Bonchev–Trinajstić information content (AvgIpc) is 2.77. The van der Waals surface area contributed by atoms with Crippen LogP contribution in [0.2, 0.25) is 0 Å². The van der Waals surface area contributed by atoms with Gasteiger partial charge in [-0.25, -0.2) is 4.79 Å². The van der Waals surface area contributed by atoms with Gasteiger partial charge in [-0.15, -0.1) is 0 Å². The van der Waals surface area contributed by atoms with Gasteiger partial charge in [0.2, 0.25) is 17.7 Å². The summed E-state index contributed by atoms with van der Waals surface area (Å²) >= 11 is 0. The predicted octanol–water partition coefficient (Wildman–Crippen LogP) is -0.783. The lowest BCUT2D eigenvalue weighted by Gasteiger charge is -2.26. The molecule has 0 aliphatic rings. The maximum atomic E-state index is 12.9. The normalized spacial score (nSPS) is 13.6. The summed E-state index contributed by atoms with van der Waals surface area (Å²) in [6.07, 6.45) is 1.56. The van der Waals surface area contributed by atoms with Gasteiger partial charge in [0.25, 0.3) is 0 Å². The van der Waals surface area contributed by atoms with E-state index in [4.69, 9.17) is 11.5 Å². The monoisotopic (exact) mass is 465 g/mol. The van der Waals surface area contributed by atoms with Crippen molar-refractivity contribution in [2.75, 3.05) is 13.1 Å². The third kappa shape index (κ3) is 9.87. The Morgan fingerprint density at radius 1 is 0.909 bits per heavy atom. The molecule has 3 atom stereocenters. The number of unbranched alkanes of at least 4 members (excludes halogenated alkanes) is 1. The van der Waals surface area contributed by atoms with Crippen LogP contribution in [0.25, 0.3) is 0 Å². The number of rotatable bonds is 14. The van der Waals surface area contributed by atoms with Crippen LogP contribution in [0, 0.1) is 5.92 Å². The summed E-state index contributed by atoms with van der Waals surface area (Å²) < 4.78 is 0. The van der Waals surface area contributed by atoms with Crippen LogP contribution >= 0.6 is 0 Å². The van der Waals surface area contributed by atoms with E-state index in [2.05, 4.69) is 16.0 Å². The van der Waals surface area contributed by atoms with E-state index in [-0.39, 0.29) is 24.6 Å². The highest BCUT2D eigenvalue weighted by Crippen LogP contribution is 2.12. The van der Waals surface area contributed by atoms with E-state index in [0.29, 0.717) is 31.4 Å². The summed E-state index contributed by atoms with van der Waals surface area (Å²) in [6.45, 7) is 3.57. The summed E-state index contributed by atoms with van der Waals surface area (Å²) in [5, 5.41) is 26.6. The van der Waals surface area contributed by atoms with Gasteiger partial charge in [-0.3, -0.25) is 14.4 Å². The molecule has 1 aromatic carbocycles. The number of aliphatic carboxylic acids is 1. The van der Waals surface area contributed by atoms with Gasteiger partial charge >= 0.3 is 5.97 Å². The number of carboxylic acid groups (broad SMARTS) is 1. The number of aromatic hydroxyl groups is 1. The first-order chi connectivity index (χ1) is 15.6. The smallest absolute Gasteiger partial charge is 0.326 e. The lowest BCUT2D eigenvalue weighted by atomic mass is 10.00. The molecule has 1 rings (SSSR count). The number of phenols is 1. The molecule has 3 amide bonds. The standard InChI is InChI=1S/C22H35N5O6/c1-13(2)19(27-20(30)16(5-3-4-10-23)25-18(29)12-24)21(31)26-17(22(32)33)11-14-6-8-15(28)9-7-14/h6-9,13,16-17,19,28H,3-5,10-12,23-24H2,1-2H3,(H,25,29)(H,26,31)(H,27,30)(H,32,33). The van der Waals surface area contributed by atoms with Crippen molar-refractivity contribution in [2.45, 2.75) is 57.7 Å². The fourth-order valence-corrected chi connectivity index (χ4v) is 3.13. The zero-order chi connectivity index (χ0) is 25.0. The first-order valence-electron chi connectivity index (χ1n) is 10.9. The zero-order valence-electron chi connectivity index (χ0n) is 19.0. The first-order valence-corrected chi connectivity index (χ1v) is 10.9. The van der Waals surface area contributed by atoms with Gasteiger partial charge < -0.3 is 37.6 Å². The largest absolute Gasteiger partial charge is 0.508 e. The SMILES string of the molecule is CC(C)C(NC(=O)C(CCCCN)NC(=O)CN)C(=O)NC(Cc1ccc(O)cc1)C(=O)O. The van der Waals surface area contributed by atoms with Crippen molar-refractivity contribution in [3.05, 3.63) is 29.8 Å². The molecule has 1 aromatic rings. The molecule has 0 aromatic heterocycles. The molecule has 33 heavy (non-hydrogen) atoms. The van der Waals surface area contributed by atoms with Crippen LogP contribution in [-0.2, 0) is 25.6 Å². The topological polar surface area (TPSA) is 197 Å². The molecule has 0 heterocycles. The minimum Gasteiger partial charge on any atom is -0.508 e. The highest BCUT2D eigenvalue weighted by atomic mass is 16.4. The molecule has 0 radical (unpaired) electrons. The quantitative estimate of drug-likeness (QED) is 0.174. The second-order valence-corrected chi connectivity index (χ2v) is 8.11. The number of benzene rings is 1. The average molecular weight is 466 g/mol. The number of amides is 3. The summed E-state index contributed by atoms with van der Waals surface area (Å²) in [6, 6.07) is 2.81. The van der Waals surface area contributed by atoms with E-state index < -0.39 is 41.8 Å². The Morgan fingerprint density at radius 3 is 2.06 bits per heavy atom. The minimum absolute atomic E-state index is 0.00557. The molecule has 0 bridgehead atoms. The summed E-state index contributed by atoms with van der Waals surface area (Å²) in [4.78, 5) is 49.2. The van der Waals surface area contributed by atoms with Gasteiger partial charge in [-0.1, -0.05) is 26.0 Å². The highest BCUT2D eigenvalue weighted by molar-refractivity contribution is 5.93. The van der Waals surface area contributed by atoms with E-state index >= 15 is 0 Å². The third-order valence-electron chi connectivity index (χ3n) is 5.02. The number of phenolic OH excluding ortho intramolecular Hbond substituents is 1. The second-order valence-electron chi connectivity index (χ2n) is 8.11. The van der Waals surface area contributed by atoms with Gasteiger partial charge in [-0.05, 0) is 49.4 Å². The van der Waals surface area contributed by atoms with Crippen molar-refractivity contribution < 1.29 is 29.4 Å². The molecule has 0 aliphatic heterocycles. The van der Waals surface area contributed by atoms with E-state index in [9.17, 15) is 29.4 Å². The number of carbonyl (C=O) groups excluding carboxylic acids is 3. The van der Waals surface area contributed by atoms with Crippen molar-refractivity contribution in [1.29, 1.82) is 0 Å². The van der Waals surface area contributed by atoms with E-state index in [0.717, 1.165) is 0 Å². The predicted molar refractivity (Wildman–Crippen MR) is 122 cm³/mol. The summed E-state index contributed by atoms with van der Waals surface area (Å²) in [5.41, 5.74) is 11.4. The van der Waals surface area contributed by atoms with Crippen LogP contribution in [0.15, 0.2) is 24.3 Å². The highest BCUT2D eigenvalue weighted by Gasteiger charge is 2.31. The maximum Gasteiger partial charge on any atom is 0.326 e. The Labute approximate surface area is 193 Å².